The number of nitrogens with zero attached hydrogens (tertiary/aromatic N) is 3. The molecule has 1 saturated carbocycles. The van der Waals surface area contributed by atoms with Gasteiger partial charge < -0.3 is 19.8 Å². The van der Waals surface area contributed by atoms with E-state index in [0.29, 0.717) is 29.5 Å². The van der Waals surface area contributed by atoms with Gasteiger partial charge in [0.1, 0.15) is 5.82 Å². The first-order chi connectivity index (χ1) is 11.6. The molecule has 0 radical (unpaired) electrons. The summed E-state index contributed by atoms with van der Waals surface area (Å²) in [5.74, 6) is 0.644. The third kappa shape index (κ3) is 3.53. The summed E-state index contributed by atoms with van der Waals surface area (Å²) in [5.41, 5.74) is 0.714. The van der Waals surface area contributed by atoms with Crippen molar-refractivity contribution in [2.24, 2.45) is 0 Å². The Morgan fingerprint density at radius 2 is 2.29 bits per heavy atom. The molecule has 1 heterocycles. The average Bonchev–Trinajstić information content (AvgIpc) is 3.31. The topological polar surface area (TPSA) is 91.5 Å². The molecule has 7 nitrogen and oxygen atoms in total. The van der Waals surface area contributed by atoms with E-state index in [2.05, 4.69) is 15.5 Å². The van der Waals surface area contributed by atoms with Gasteiger partial charge in [0.05, 0.1) is 17.9 Å². The maximum Gasteiger partial charge on any atom is 0.321 e. The molecular formula is C16H19FN4O3. The quantitative estimate of drug-likeness (QED) is 0.847. The zero-order chi connectivity index (χ0) is 17.1. The van der Waals surface area contributed by atoms with E-state index < -0.39 is 5.82 Å². The molecule has 2 aromatic rings. The van der Waals surface area contributed by atoms with E-state index in [-0.39, 0.29) is 25.1 Å². The third-order valence-electron chi connectivity index (χ3n) is 3.88. The van der Waals surface area contributed by atoms with Crippen LogP contribution in [0.5, 0.6) is 0 Å². The molecule has 2 N–H and O–H groups in total. The number of benzene rings is 1. The van der Waals surface area contributed by atoms with E-state index in [1.165, 1.54) is 23.1 Å². The van der Waals surface area contributed by atoms with Gasteiger partial charge in [-0.2, -0.15) is 4.98 Å². The Labute approximate surface area is 138 Å². The van der Waals surface area contributed by atoms with E-state index in [1.54, 1.807) is 6.92 Å². The predicted molar refractivity (Wildman–Crippen MR) is 85.0 cm³/mol. The van der Waals surface area contributed by atoms with Crippen LogP contribution >= 0.6 is 0 Å². The van der Waals surface area contributed by atoms with Gasteiger partial charge in [-0.3, -0.25) is 0 Å². The Bertz CT molecular complexity index is 730. The lowest BCUT2D eigenvalue weighted by Gasteiger charge is -2.20. The molecule has 0 aliphatic heterocycles. The van der Waals surface area contributed by atoms with Gasteiger partial charge in [-0.1, -0.05) is 5.16 Å². The molecule has 2 amide bonds. The summed E-state index contributed by atoms with van der Waals surface area (Å²) < 4.78 is 18.9. The van der Waals surface area contributed by atoms with Crippen LogP contribution in [0.1, 0.15) is 31.5 Å². The number of likely N-dealkylation sites (N-methyl/N-ethyl adjacent to an activating group) is 1. The maximum atomic E-state index is 13.6. The predicted octanol–water partition coefficient (Wildman–Crippen LogP) is 2.60. The zero-order valence-electron chi connectivity index (χ0n) is 13.3. The number of hydrogen-bond donors (Lipinski definition) is 2. The molecule has 1 aromatic heterocycles. The highest BCUT2D eigenvalue weighted by Crippen LogP contribution is 2.39. The number of anilines is 1. The Hall–Kier alpha value is -2.48. The van der Waals surface area contributed by atoms with E-state index in [1.807, 2.05) is 0 Å². The number of amides is 2. The van der Waals surface area contributed by atoms with Gasteiger partial charge in [-0.25, -0.2) is 9.18 Å². The van der Waals surface area contributed by atoms with Gasteiger partial charge in [0.25, 0.3) is 5.89 Å². The van der Waals surface area contributed by atoms with Crippen molar-refractivity contribution < 1.29 is 18.8 Å². The van der Waals surface area contributed by atoms with Crippen LogP contribution in [0.4, 0.5) is 14.9 Å². The number of aliphatic hydroxyl groups excluding tert-OH is 1. The van der Waals surface area contributed by atoms with Gasteiger partial charge >= 0.3 is 6.03 Å². The highest BCUT2D eigenvalue weighted by Gasteiger charge is 2.29. The summed E-state index contributed by atoms with van der Waals surface area (Å²) in [6.45, 7) is 2.33. The smallest absolute Gasteiger partial charge is 0.321 e. The van der Waals surface area contributed by atoms with Crippen molar-refractivity contribution in [1.82, 2.24) is 15.0 Å². The molecule has 24 heavy (non-hydrogen) atoms. The summed E-state index contributed by atoms with van der Waals surface area (Å²) in [5, 5.41) is 15.6. The van der Waals surface area contributed by atoms with E-state index in [4.69, 9.17) is 9.63 Å². The first-order valence-electron chi connectivity index (χ1n) is 7.92. The number of aliphatic hydroxyl groups is 1. The van der Waals surface area contributed by atoms with Gasteiger partial charge in [-0.15, -0.1) is 0 Å². The van der Waals surface area contributed by atoms with Gasteiger partial charge in [-0.05, 0) is 38.0 Å². The molecule has 8 heteroatoms. The van der Waals surface area contributed by atoms with Gasteiger partial charge in [0.2, 0.25) is 0 Å². The number of aromatic nitrogens is 2. The summed E-state index contributed by atoms with van der Waals surface area (Å²) in [4.78, 5) is 18.0. The SMILES string of the molecule is CCN(CCO)C(=O)Nc1ccc(F)cc1-c1nc(C2CC2)no1. The minimum atomic E-state index is -0.461. The molecule has 1 fully saturated rings. The van der Waals surface area contributed by atoms with Crippen LogP contribution in [0.15, 0.2) is 22.7 Å². The summed E-state index contributed by atoms with van der Waals surface area (Å²) in [6, 6.07) is 3.57. The monoisotopic (exact) mass is 334 g/mol. The van der Waals surface area contributed by atoms with Crippen LogP contribution < -0.4 is 5.32 Å². The summed E-state index contributed by atoms with van der Waals surface area (Å²) in [6.07, 6.45) is 2.05. The second-order valence-electron chi connectivity index (χ2n) is 5.66. The fourth-order valence-electron chi connectivity index (χ4n) is 2.37. The first-order valence-corrected chi connectivity index (χ1v) is 7.92. The Morgan fingerprint density at radius 3 is 2.96 bits per heavy atom. The normalized spacial score (nSPS) is 13.8. The fraction of sp³-hybridized carbons (Fsp3) is 0.438. The van der Waals surface area contributed by atoms with Crippen molar-refractivity contribution in [3.63, 3.8) is 0 Å². The van der Waals surface area contributed by atoms with Crippen LogP contribution in [-0.4, -0.2) is 45.9 Å². The highest BCUT2D eigenvalue weighted by atomic mass is 19.1. The molecule has 1 aliphatic carbocycles. The minimum absolute atomic E-state index is 0.133. The van der Waals surface area contributed by atoms with Crippen LogP contribution in [0.25, 0.3) is 11.5 Å². The fourth-order valence-corrected chi connectivity index (χ4v) is 2.37. The maximum absolute atomic E-state index is 13.6. The van der Waals surface area contributed by atoms with Crippen LogP contribution in [0.3, 0.4) is 0 Å². The molecule has 1 aliphatic rings. The van der Waals surface area contributed by atoms with Gasteiger partial charge in [0, 0.05) is 19.0 Å². The third-order valence-corrected chi connectivity index (χ3v) is 3.88. The molecule has 3 rings (SSSR count). The molecule has 0 spiro atoms. The number of carbonyl (C=O) groups is 1. The number of halogens is 1. The minimum Gasteiger partial charge on any atom is -0.395 e. The molecule has 1 aromatic carbocycles. The van der Waals surface area contributed by atoms with Crippen LogP contribution in [0.2, 0.25) is 0 Å². The van der Waals surface area contributed by atoms with Crippen molar-refractivity contribution in [1.29, 1.82) is 0 Å². The Kier molecular flexibility index (Phi) is 4.75. The van der Waals surface area contributed by atoms with Crippen LogP contribution in [0, 0.1) is 5.82 Å². The van der Waals surface area contributed by atoms with Crippen molar-refractivity contribution in [2.75, 3.05) is 25.0 Å². The van der Waals surface area contributed by atoms with Gasteiger partial charge in [0.15, 0.2) is 5.82 Å². The standard InChI is InChI=1S/C16H19FN4O3/c1-2-21(7-8-22)16(23)18-13-6-5-11(17)9-12(13)15-19-14(20-24-15)10-3-4-10/h5-6,9-10,22H,2-4,7-8H2,1H3,(H,18,23). The van der Waals surface area contributed by atoms with Crippen molar-refractivity contribution in [2.45, 2.75) is 25.7 Å². The second kappa shape index (κ2) is 6.96. The van der Waals surface area contributed by atoms with Crippen LogP contribution in [-0.2, 0) is 0 Å². The number of carbonyl (C=O) groups excluding carboxylic acids is 1. The summed E-state index contributed by atoms with van der Waals surface area (Å²) in [7, 11) is 0. The van der Waals surface area contributed by atoms with E-state index >= 15 is 0 Å². The number of urea groups is 1. The average molecular weight is 334 g/mol. The lowest BCUT2D eigenvalue weighted by atomic mass is 10.1. The first kappa shape index (κ1) is 16.4. The molecule has 128 valence electrons. The number of hydrogen-bond acceptors (Lipinski definition) is 5. The number of nitrogens with one attached hydrogen (secondary N) is 1. The van der Waals surface area contributed by atoms with Crippen molar-refractivity contribution in [3.8, 4) is 11.5 Å². The second-order valence-corrected chi connectivity index (χ2v) is 5.66. The van der Waals surface area contributed by atoms with Crippen molar-refractivity contribution >= 4 is 11.7 Å². The molecule has 0 bridgehead atoms. The molecule has 0 saturated heterocycles. The Morgan fingerprint density at radius 1 is 1.50 bits per heavy atom. The lowest BCUT2D eigenvalue weighted by Crippen LogP contribution is -2.36. The number of rotatable bonds is 6. The van der Waals surface area contributed by atoms with E-state index in [0.717, 1.165) is 12.8 Å². The molecular weight excluding hydrogens is 315 g/mol. The molecule has 0 atom stereocenters. The largest absolute Gasteiger partial charge is 0.395 e. The molecule has 0 unspecified atom stereocenters. The van der Waals surface area contributed by atoms with Crippen molar-refractivity contribution in [3.05, 3.63) is 29.8 Å². The zero-order valence-corrected chi connectivity index (χ0v) is 13.3. The summed E-state index contributed by atoms with van der Waals surface area (Å²) >= 11 is 0. The Balaban J connectivity index is 1.86. The van der Waals surface area contributed by atoms with E-state index in [9.17, 15) is 9.18 Å². The highest BCUT2D eigenvalue weighted by molar-refractivity contribution is 5.93. The lowest BCUT2D eigenvalue weighted by molar-refractivity contribution is 0.192.